The van der Waals surface area contributed by atoms with Crippen LogP contribution in [0.3, 0.4) is 0 Å². The summed E-state index contributed by atoms with van der Waals surface area (Å²) in [6.45, 7) is 10.2. The largest absolute Gasteiger partial charge is 0.513 e. The van der Waals surface area contributed by atoms with Gasteiger partial charge in [-0.05, 0) is 88.6 Å². The van der Waals surface area contributed by atoms with Crippen molar-refractivity contribution in [3.63, 3.8) is 0 Å². The average molecular weight is 730 g/mol. The van der Waals surface area contributed by atoms with E-state index >= 15 is 0 Å². The highest BCUT2D eigenvalue weighted by molar-refractivity contribution is 5.93. The molecule has 4 aromatic rings. The lowest BCUT2D eigenvalue weighted by molar-refractivity contribution is -0.123. The van der Waals surface area contributed by atoms with Gasteiger partial charge in [-0.15, -0.1) is 0 Å². The fourth-order valence-corrected chi connectivity index (χ4v) is 5.08. The van der Waals surface area contributed by atoms with Crippen LogP contribution in [0.5, 0.6) is 17.2 Å². The first-order valence-electron chi connectivity index (χ1n) is 17.0. The number of hydrogen-bond acceptors (Lipinski definition) is 10. The van der Waals surface area contributed by atoms with Crippen LogP contribution < -0.4 is 24.8 Å². The zero-order valence-electron chi connectivity index (χ0n) is 31.3. The van der Waals surface area contributed by atoms with Crippen molar-refractivity contribution in [2.75, 3.05) is 27.4 Å². The second kappa shape index (κ2) is 17.5. The summed E-state index contributed by atoms with van der Waals surface area (Å²) in [5, 5.41) is 6.02. The Labute approximate surface area is 309 Å². The van der Waals surface area contributed by atoms with Crippen molar-refractivity contribution >= 4 is 47.3 Å². The molecule has 0 fully saturated rings. The summed E-state index contributed by atoms with van der Waals surface area (Å²) in [6.07, 6.45) is 3.07. The van der Waals surface area contributed by atoms with Crippen LogP contribution in [0.2, 0.25) is 0 Å². The molecule has 0 saturated heterocycles. The third kappa shape index (κ3) is 12.3. The normalized spacial score (nSPS) is 12.2. The van der Waals surface area contributed by atoms with E-state index in [0.717, 1.165) is 11.1 Å². The zero-order valence-corrected chi connectivity index (χ0v) is 31.3. The van der Waals surface area contributed by atoms with Crippen LogP contribution in [0, 0.1) is 0 Å². The van der Waals surface area contributed by atoms with E-state index in [2.05, 4.69) is 10.6 Å². The maximum absolute atomic E-state index is 13.4. The smallest absolute Gasteiger partial charge is 0.497 e. The Balaban J connectivity index is 1.35. The number of carbonyl (C=O) groups is 4. The van der Waals surface area contributed by atoms with Gasteiger partial charge in [-0.25, -0.2) is 14.4 Å². The number of carbonyl (C=O) groups excluding carboxylic acids is 4. The first-order chi connectivity index (χ1) is 25.0. The SMILES string of the molecule is COc1cc(C=Cc2ccc(OC(=O)OCCNC(=O)C(Cc3cn(C(=O)OC(C)(C)C)c4ccccc34)NC(=O)OC(C)(C)C)cc2)cc(OC)c1. The monoisotopic (exact) mass is 729 g/mol. The lowest BCUT2D eigenvalue weighted by Gasteiger charge is -2.23. The summed E-state index contributed by atoms with van der Waals surface area (Å²) in [4.78, 5) is 51.6. The maximum Gasteiger partial charge on any atom is 0.513 e. The molecular weight excluding hydrogens is 682 g/mol. The van der Waals surface area contributed by atoms with E-state index < -0.39 is 41.5 Å². The lowest BCUT2D eigenvalue weighted by atomic mass is 10.0. The molecule has 0 bridgehead atoms. The molecule has 0 aliphatic carbocycles. The minimum Gasteiger partial charge on any atom is -0.497 e. The topological polar surface area (TPSA) is 153 Å². The van der Waals surface area contributed by atoms with Crippen molar-refractivity contribution < 1.29 is 47.6 Å². The maximum atomic E-state index is 13.4. The standard InChI is InChI=1S/C40H47N3O10/c1-39(2,3)52-36(45)42-33(23-28-25-43(37(46)53-40(4,5)6)34-12-10-9-11-32(28)34)35(44)41-19-20-50-38(47)51-29-17-15-26(16-18-29)13-14-27-21-30(48-7)24-31(22-27)49-8/h9-18,21-22,24-25,33H,19-20,23H2,1-8H3,(H,41,44)(H,42,45). The molecule has 0 saturated carbocycles. The highest BCUT2D eigenvalue weighted by Crippen LogP contribution is 2.26. The molecule has 2 N–H and O–H groups in total. The number of nitrogens with one attached hydrogen (secondary N) is 2. The van der Waals surface area contributed by atoms with Crippen LogP contribution in [-0.2, 0) is 25.4 Å². The number of para-hydroxylation sites is 1. The van der Waals surface area contributed by atoms with E-state index in [1.807, 2.05) is 36.4 Å². The Hall–Kier alpha value is -5.98. The van der Waals surface area contributed by atoms with Gasteiger partial charge in [0.25, 0.3) is 0 Å². The molecule has 2 amide bonds. The van der Waals surface area contributed by atoms with Gasteiger partial charge in [0.15, 0.2) is 0 Å². The van der Waals surface area contributed by atoms with Gasteiger partial charge in [-0.1, -0.05) is 42.5 Å². The summed E-state index contributed by atoms with van der Waals surface area (Å²) >= 11 is 0. The molecule has 0 radical (unpaired) electrons. The van der Waals surface area contributed by atoms with E-state index in [0.29, 0.717) is 28.0 Å². The molecule has 1 heterocycles. The van der Waals surface area contributed by atoms with Gasteiger partial charge in [-0.3, -0.25) is 9.36 Å². The number of hydrogen-bond donors (Lipinski definition) is 2. The Morgan fingerprint density at radius 1 is 0.774 bits per heavy atom. The summed E-state index contributed by atoms with van der Waals surface area (Å²) in [7, 11) is 3.17. The third-order valence-electron chi connectivity index (χ3n) is 7.36. The average Bonchev–Trinajstić information content (AvgIpc) is 3.46. The van der Waals surface area contributed by atoms with Crippen molar-refractivity contribution in [2.45, 2.75) is 65.2 Å². The number of rotatable bonds is 12. The molecule has 3 aromatic carbocycles. The Bertz CT molecular complexity index is 1910. The highest BCUT2D eigenvalue weighted by Gasteiger charge is 2.27. The van der Waals surface area contributed by atoms with E-state index in [1.54, 1.807) is 104 Å². The molecule has 0 aliphatic heterocycles. The quantitative estimate of drug-likeness (QED) is 0.0497. The molecular formula is C40H47N3O10. The first kappa shape index (κ1) is 39.8. The summed E-state index contributed by atoms with van der Waals surface area (Å²) in [5.74, 6) is 1.05. The fraction of sp³-hybridized carbons (Fsp3) is 0.350. The van der Waals surface area contributed by atoms with Crippen molar-refractivity contribution in [3.05, 3.63) is 89.6 Å². The summed E-state index contributed by atoms with van der Waals surface area (Å²) in [6, 6.07) is 18.4. The molecule has 0 spiro atoms. The molecule has 13 heteroatoms. The number of benzene rings is 3. The number of ether oxygens (including phenoxy) is 6. The second-order valence-corrected chi connectivity index (χ2v) is 14.0. The molecule has 4 rings (SSSR count). The molecule has 0 aliphatic rings. The number of amides is 2. The number of fused-ring (bicyclic) bond motifs is 1. The highest BCUT2D eigenvalue weighted by atomic mass is 16.7. The fourth-order valence-electron chi connectivity index (χ4n) is 5.08. The Morgan fingerprint density at radius 3 is 2.02 bits per heavy atom. The molecule has 53 heavy (non-hydrogen) atoms. The Morgan fingerprint density at radius 2 is 1.40 bits per heavy atom. The molecule has 1 unspecified atom stereocenters. The van der Waals surface area contributed by atoms with Crippen LogP contribution >= 0.6 is 0 Å². The van der Waals surface area contributed by atoms with Gasteiger partial charge in [0.2, 0.25) is 5.91 Å². The minimum atomic E-state index is -1.10. The van der Waals surface area contributed by atoms with Crippen molar-refractivity contribution in [1.82, 2.24) is 15.2 Å². The van der Waals surface area contributed by atoms with Gasteiger partial charge in [0.1, 0.15) is 41.1 Å². The van der Waals surface area contributed by atoms with Crippen molar-refractivity contribution in [2.24, 2.45) is 0 Å². The second-order valence-electron chi connectivity index (χ2n) is 14.0. The molecule has 13 nitrogen and oxygen atoms in total. The van der Waals surface area contributed by atoms with Crippen LogP contribution in [-0.4, -0.2) is 73.4 Å². The van der Waals surface area contributed by atoms with Crippen molar-refractivity contribution in [1.29, 1.82) is 0 Å². The van der Waals surface area contributed by atoms with Crippen LogP contribution in [0.25, 0.3) is 23.1 Å². The lowest BCUT2D eigenvalue weighted by Crippen LogP contribution is -2.50. The number of aromatic nitrogens is 1. The van der Waals surface area contributed by atoms with E-state index in [-0.39, 0.29) is 25.3 Å². The predicted octanol–water partition coefficient (Wildman–Crippen LogP) is 7.38. The Kier molecular flexibility index (Phi) is 13.1. The number of methoxy groups -OCH3 is 2. The first-order valence-corrected chi connectivity index (χ1v) is 17.0. The number of alkyl carbamates (subject to hydrolysis) is 1. The van der Waals surface area contributed by atoms with Gasteiger partial charge >= 0.3 is 18.3 Å². The van der Waals surface area contributed by atoms with Gasteiger partial charge in [0, 0.05) is 24.1 Å². The van der Waals surface area contributed by atoms with Crippen LogP contribution in [0.4, 0.5) is 14.4 Å². The molecule has 282 valence electrons. The van der Waals surface area contributed by atoms with E-state index in [9.17, 15) is 19.2 Å². The summed E-state index contributed by atoms with van der Waals surface area (Å²) in [5.41, 5.74) is 1.40. The van der Waals surface area contributed by atoms with Crippen LogP contribution in [0.1, 0.15) is 58.2 Å². The number of nitrogens with zero attached hydrogens (tertiary/aromatic N) is 1. The zero-order chi connectivity index (χ0) is 38.8. The van der Waals surface area contributed by atoms with Gasteiger partial charge in [-0.2, -0.15) is 0 Å². The van der Waals surface area contributed by atoms with Gasteiger partial charge < -0.3 is 39.1 Å². The van der Waals surface area contributed by atoms with Crippen LogP contribution in [0.15, 0.2) is 72.9 Å². The van der Waals surface area contributed by atoms with Gasteiger partial charge in [0.05, 0.1) is 26.3 Å². The predicted molar refractivity (Wildman–Crippen MR) is 200 cm³/mol. The molecule has 1 atom stereocenters. The van der Waals surface area contributed by atoms with E-state index in [4.69, 9.17) is 28.4 Å². The third-order valence-corrected chi connectivity index (χ3v) is 7.36. The van der Waals surface area contributed by atoms with E-state index in [1.165, 1.54) is 4.57 Å². The summed E-state index contributed by atoms with van der Waals surface area (Å²) < 4.78 is 33.4. The van der Waals surface area contributed by atoms with Crippen molar-refractivity contribution in [3.8, 4) is 17.2 Å². The molecule has 1 aromatic heterocycles. The minimum absolute atomic E-state index is 0.0171.